The maximum atomic E-state index is 12.8. The standard InChI is InChI=1S/C20H27F3N6O2/c1-3-24-19(27-15-7-8-18-26-13(2)28-29(18)11-15)25-10-16(30)12-31-17-6-4-5-14(9-17)20(21,22)23/h4-6,9,15-16,30H,3,7-8,10-12H2,1-2H3,(H2,24,25,27). The van der Waals surface area contributed by atoms with Gasteiger partial charge in [-0.05, 0) is 38.5 Å². The lowest BCUT2D eigenvalue weighted by atomic mass is 10.1. The van der Waals surface area contributed by atoms with Gasteiger partial charge >= 0.3 is 6.18 Å². The number of aliphatic hydroxyl groups excluding tert-OH is 1. The Morgan fingerprint density at radius 3 is 2.97 bits per heavy atom. The van der Waals surface area contributed by atoms with E-state index < -0.39 is 17.8 Å². The molecule has 1 aliphatic heterocycles. The molecule has 0 amide bonds. The molecule has 0 spiro atoms. The molecule has 0 bridgehead atoms. The number of benzene rings is 1. The highest BCUT2D eigenvalue weighted by molar-refractivity contribution is 5.80. The Hall–Kier alpha value is -2.82. The minimum Gasteiger partial charge on any atom is -0.491 e. The molecule has 2 aromatic rings. The second kappa shape index (κ2) is 9.99. The number of fused-ring (bicyclic) bond motifs is 1. The van der Waals surface area contributed by atoms with E-state index in [1.807, 2.05) is 18.5 Å². The van der Waals surface area contributed by atoms with Crippen molar-refractivity contribution in [2.24, 2.45) is 4.99 Å². The molecule has 1 aromatic carbocycles. The van der Waals surface area contributed by atoms with Gasteiger partial charge in [0, 0.05) is 19.0 Å². The molecule has 1 aromatic heterocycles. The molecular weight excluding hydrogens is 413 g/mol. The first-order valence-corrected chi connectivity index (χ1v) is 10.2. The summed E-state index contributed by atoms with van der Waals surface area (Å²) in [6, 6.07) is 4.67. The Kier molecular flexibility index (Phi) is 7.37. The number of aryl methyl sites for hydroxylation is 2. The van der Waals surface area contributed by atoms with Gasteiger partial charge in [-0.2, -0.15) is 18.3 Å². The van der Waals surface area contributed by atoms with Gasteiger partial charge in [-0.15, -0.1) is 0 Å². The van der Waals surface area contributed by atoms with Crippen LogP contribution in [0.1, 0.15) is 30.6 Å². The first-order chi connectivity index (χ1) is 14.7. The molecule has 170 valence electrons. The third-order valence-electron chi connectivity index (χ3n) is 4.71. The first-order valence-electron chi connectivity index (χ1n) is 10.2. The molecule has 0 saturated heterocycles. The summed E-state index contributed by atoms with van der Waals surface area (Å²) in [7, 11) is 0. The molecule has 2 atom stereocenters. The van der Waals surface area contributed by atoms with Crippen molar-refractivity contribution in [3.63, 3.8) is 0 Å². The third kappa shape index (κ3) is 6.58. The van der Waals surface area contributed by atoms with Gasteiger partial charge in [-0.25, -0.2) is 9.67 Å². The maximum Gasteiger partial charge on any atom is 0.416 e. The van der Waals surface area contributed by atoms with E-state index in [0.29, 0.717) is 19.0 Å². The molecular formula is C20H27F3N6O2. The molecule has 0 radical (unpaired) electrons. The van der Waals surface area contributed by atoms with Gasteiger partial charge in [-0.3, -0.25) is 4.99 Å². The van der Waals surface area contributed by atoms with Crippen molar-refractivity contribution < 1.29 is 23.0 Å². The van der Waals surface area contributed by atoms with Crippen molar-refractivity contribution in [3.05, 3.63) is 41.5 Å². The summed E-state index contributed by atoms with van der Waals surface area (Å²) in [5, 5.41) is 21.0. The van der Waals surface area contributed by atoms with E-state index in [0.717, 1.165) is 36.6 Å². The number of hydrogen-bond donors (Lipinski definition) is 3. The molecule has 2 unspecified atom stereocenters. The van der Waals surface area contributed by atoms with Crippen LogP contribution in [0.25, 0.3) is 0 Å². The molecule has 8 nitrogen and oxygen atoms in total. The normalized spacial score (nSPS) is 17.7. The van der Waals surface area contributed by atoms with Gasteiger partial charge in [0.1, 0.15) is 30.1 Å². The quantitative estimate of drug-likeness (QED) is 0.450. The smallest absolute Gasteiger partial charge is 0.416 e. The minimum atomic E-state index is -4.44. The molecule has 3 N–H and O–H groups in total. The second-order valence-electron chi connectivity index (χ2n) is 7.35. The summed E-state index contributed by atoms with van der Waals surface area (Å²) < 4.78 is 45.5. The molecule has 1 aliphatic rings. The van der Waals surface area contributed by atoms with E-state index >= 15 is 0 Å². The number of rotatable bonds is 7. The first kappa shape index (κ1) is 22.9. The van der Waals surface area contributed by atoms with Crippen molar-refractivity contribution in [3.8, 4) is 5.75 Å². The van der Waals surface area contributed by atoms with Crippen LogP contribution in [0, 0.1) is 6.92 Å². The number of ether oxygens (including phenoxy) is 1. The molecule has 2 heterocycles. The zero-order valence-corrected chi connectivity index (χ0v) is 17.5. The van der Waals surface area contributed by atoms with Crippen LogP contribution in [0.4, 0.5) is 13.2 Å². The van der Waals surface area contributed by atoms with Gasteiger partial charge in [0.25, 0.3) is 0 Å². The summed E-state index contributed by atoms with van der Waals surface area (Å²) in [4.78, 5) is 8.77. The van der Waals surface area contributed by atoms with Crippen molar-refractivity contribution in [1.29, 1.82) is 0 Å². The Bertz CT molecular complexity index is 899. The molecule has 31 heavy (non-hydrogen) atoms. The second-order valence-corrected chi connectivity index (χ2v) is 7.35. The highest BCUT2D eigenvalue weighted by Crippen LogP contribution is 2.31. The highest BCUT2D eigenvalue weighted by atomic mass is 19.4. The molecule has 0 aliphatic carbocycles. The van der Waals surface area contributed by atoms with E-state index in [4.69, 9.17) is 4.74 Å². The lowest BCUT2D eigenvalue weighted by molar-refractivity contribution is -0.137. The number of halogens is 3. The maximum absolute atomic E-state index is 12.8. The van der Waals surface area contributed by atoms with E-state index in [-0.39, 0.29) is 24.9 Å². The Balaban J connectivity index is 1.52. The summed E-state index contributed by atoms with van der Waals surface area (Å²) in [5.74, 6) is 2.31. The number of hydrogen-bond acceptors (Lipinski definition) is 5. The van der Waals surface area contributed by atoms with Crippen LogP contribution in [-0.4, -0.2) is 57.7 Å². The molecule has 11 heteroatoms. The fraction of sp³-hybridized carbons (Fsp3) is 0.550. The van der Waals surface area contributed by atoms with Crippen molar-refractivity contribution >= 4 is 5.96 Å². The summed E-state index contributed by atoms with van der Waals surface area (Å²) in [5.41, 5.74) is -0.797. The van der Waals surface area contributed by atoms with Crippen molar-refractivity contribution in [2.75, 3.05) is 19.7 Å². The van der Waals surface area contributed by atoms with E-state index in [1.165, 1.54) is 12.1 Å². The fourth-order valence-corrected chi connectivity index (χ4v) is 3.27. The van der Waals surface area contributed by atoms with Crippen LogP contribution in [0.15, 0.2) is 29.3 Å². The lowest BCUT2D eigenvalue weighted by Gasteiger charge is -2.25. The third-order valence-corrected chi connectivity index (χ3v) is 4.71. The predicted molar refractivity (Wildman–Crippen MR) is 109 cm³/mol. The van der Waals surface area contributed by atoms with Gasteiger partial charge in [0.2, 0.25) is 0 Å². The lowest BCUT2D eigenvalue weighted by Crippen LogP contribution is -2.47. The fourth-order valence-electron chi connectivity index (χ4n) is 3.27. The van der Waals surface area contributed by atoms with Gasteiger partial charge in [0.15, 0.2) is 5.96 Å². The van der Waals surface area contributed by atoms with Crippen LogP contribution >= 0.6 is 0 Å². The van der Waals surface area contributed by atoms with E-state index in [1.54, 1.807) is 0 Å². The summed E-state index contributed by atoms with van der Waals surface area (Å²) >= 11 is 0. The number of nitrogens with zero attached hydrogens (tertiary/aromatic N) is 4. The van der Waals surface area contributed by atoms with E-state index in [9.17, 15) is 18.3 Å². The Morgan fingerprint density at radius 1 is 1.42 bits per heavy atom. The number of aliphatic hydroxyl groups is 1. The highest BCUT2D eigenvalue weighted by Gasteiger charge is 2.30. The van der Waals surface area contributed by atoms with Crippen LogP contribution in [0.2, 0.25) is 0 Å². The van der Waals surface area contributed by atoms with Crippen LogP contribution in [-0.2, 0) is 19.1 Å². The van der Waals surface area contributed by atoms with Gasteiger partial charge in [-0.1, -0.05) is 6.07 Å². The topological polar surface area (TPSA) is 96.6 Å². The minimum absolute atomic E-state index is 0.0364. The average Bonchev–Trinajstić information content (AvgIpc) is 3.09. The summed E-state index contributed by atoms with van der Waals surface area (Å²) in [6.45, 7) is 4.97. The average molecular weight is 440 g/mol. The molecule has 0 saturated carbocycles. The van der Waals surface area contributed by atoms with Gasteiger partial charge in [0.05, 0.1) is 18.7 Å². The van der Waals surface area contributed by atoms with Crippen LogP contribution < -0.4 is 15.4 Å². The number of guanidine groups is 1. The number of aromatic nitrogens is 3. The molecule has 0 fully saturated rings. The molecule has 3 rings (SSSR count). The van der Waals surface area contributed by atoms with Crippen LogP contribution in [0.3, 0.4) is 0 Å². The van der Waals surface area contributed by atoms with Crippen molar-refractivity contribution in [2.45, 2.75) is 51.6 Å². The monoisotopic (exact) mass is 440 g/mol. The number of nitrogens with one attached hydrogen (secondary N) is 2. The van der Waals surface area contributed by atoms with Gasteiger partial charge < -0.3 is 20.5 Å². The largest absolute Gasteiger partial charge is 0.491 e. The Labute approximate surface area is 178 Å². The zero-order valence-electron chi connectivity index (χ0n) is 17.5. The van der Waals surface area contributed by atoms with E-state index in [2.05, 4.69) is 25.7 Å². The van der Waals surface area contributed by atoms with Crippen molar-refractivity contribution in [1.82, 2.24) is 25.4 Å². The Morgan fingerprint density at radius 2 is 2.23 bits per heavy atom. The summed E-state index contributed by atoms with van der Waals surface area (Å²) in [6.07, 6.45) is -3.73. The number of alkyl halides is 3. The van der Waals surface area contributed by atoms with Crippen LogP contribution in [0.5, 0.6) is 5.75 Å². The predicted octanol–water partition coefficient (Wildman–Crippen LogP) is 1.92. The SMILES string of the molecule is CCNC(=NCC(O)COc1cccc(C(F)(F)F)c1)NC1CCc2nc(C)nn2C1. The zero-order chi connectivity index (χ0) is 22.4. The number of aliphatic imine (C=N–C) groups is 1.